The predicted molar refractivity (Wildman–Crippen MR) is 74.0 cm³/mol. The molecule has 1 aromatic rings. The summed E-state index contributed by atoms with van der Waals surface area (Å²) in [5.74, 6) is 0.154. The molecule has 0 radical (unpaired) electrons. The van der Waals surface area contributed by atoms with E-state index in [9.17, 15) is 4.79 Å². The van der Waals surface area contributed by atoms with Crippen molar-refractivity contribution in [3.05, 3.63) is 29.6 Å². The number of hydrogen-bond acceptors (Lipinski definition) is 3. The molecule has 1 aromatic heterocycles. The van der Waals surface area contributed by atoms with Crippen molar-refractivity contribution < 1.29 is 4.79 Å². The fourth-order valence-corrected chi connectivity index (χ4v) is 3.22. The van der Waals surface area contributed by atoms with Crippen LogP contribution >= 0.6 is 0 Å². The highest BCUT2D eigenvalue weighted by Gasteiger charge is 2.47. The second-order valence-corrected chi connectivity index (χ2v) is 6.05. The summed E-state index contributed by atoms with van der Waals surface area (Å²) in [4.78, 5) is 21.2. The van der Waals surface area contributed by atoms with Crippen molar-refractivity contribution in [1.82, 2.24) is 14.8 Å². The maximum atomic E-state index is 12.5. The largest absolute Gasteiger partial charge is 0.330 e. The Morgan fingerprint density at radius 3 is 2.58 bits per heavy atom. The second-order valence-electron chi connectivity index (χ2n) is 6.05. The predicted octanol–water partition coefficient (Wildman–Crippen LogP) is 1.70. The first-order chi connectivity index (χ1) is 9.06. The standard InChI is InChI=1S/C15H21N3O/c1-10(2)17-8-13-5-14(9-17)18(13)15(19)12-4-11(3)6-16-7-12/h4,6-7,10,13-14H,5,8-9H2,1-3H3. The minimum atomic E-state index is 0.154. The van der Waals surface area contributed by atoms with Crippen molar-refractivity contribution in [2.75, 3.05) is 13.1 Å². The highest BCUT2D eigenvalue weighted by molar-refractivity contribution is 5.95. The SMILES string of the molecule is Cc1cncc(C(=O)N2C3CC2CN(C(C)C)C3)c1. The third-order valence-electron chi connectivity index (χ3n) is 4.31. The van der Waals surface area contributed by atoms with Crippen molar-refractivity contribution in [1.29, 1.82) is 0 Å². The lowest BCUT2D eigenvalue weighted by molar-refractivity contribution is -0.0563. The molecule has 4 heteroatoms. The Bertz CT molecular complexity index is 488. The molecule has 2 unspecified atom stereocenters. The van der Waals surface area contributed by atoms with Gasteiger partial charge in [0.05, 0.1) is 5.56 Å². The van der Waals surface area contributed by atoms with Crippen LogP contribution in [0.15, 0.2) is 18.5 Å². The third-order valence-corrected chi connectivity index (χ3v) is 4.31. The Morgan fingerprint density at radius 1 is 1.32 bits per heavy atom. The van der Waals surface area contributed by atoms with Gasteiger partial charge in [0.15, 0.2) is 0 Å². The van der Waals surface area contributed by atoms with E-state index in [1.165, 1.54) is 0 Å². The van der Waals surface area contributed by atoms with Gasteiger partial charge in [0.25, 0.3) is 5.91 Å². The van der Waals surface area contributed by atoms with Gasteiger partial charge in [-0.3, -0.25) is 14.7 Å². The minimum absolute atomic E-state index is 0.154. The summed E-state index contributed by atoms with van der Waals surface area (Å²) >= 11 is 0. The van der Waals surface area contributed by atoms with Crippen molar-refractivity contribution in [3.63, 3.8) is 0 Å². The molecule has 0 saturated carbocycles. The zero-order valence-corrected chi connectivity index (χ0v) is 11.8. The molecule has 1 amide bonds. The number of nitrogens with zero attached hydrogens (tertiary/aromatic N) is 3. The van der Waals surface area contributed by atoms with Crippen LogP contribution in [0.25, 0.3) is 0 Å². The van der Waals surface area contributed by atoms with Crippen LogP contribution in [0.1, 0.15) is 36.2 Å². The van der Waals surface area contributed by atoms with Gasteiger partial charge < -0.3 is 4.90 Å². The molecule has 102 valence electrons. The second kappa shape index (κ2) is 4.60. The van der Waals surface area contributed by atoms with Gasteiger partial charge in [-0.1, -0.05) is 0 Å². The zero-order valence-electron chi connectivity index (χ0n) is 11.8. The number of amides is 1. The lowest BCUT2D eigenvalue weighted by Gasteiger charge is -2.57. The van der Waals surface area contributed by atoms with Crippen LogP contribution in [0.3, 0.4) is 0 Å². The van der Waals surface area contributed by atoms with Gasteiger partial charge in [-0.05, 0) is 38.8 Å². The smallest absolute Gasteiger partial charge is 0.256 e. The Labute approximate surface area is 114 Å². The monoisotopic (exact) mass is 259 g/mol. The molecule has 0 aliphatic carbocycles. The average molecular weight is 259 g/mol. The number of fused-ring (bicyclic) bond motifs is 2. The van der Waals surface area contributed by atoms with E-state index in [4.69, 9.17) is 0 Å². The molecule has 2 bridgehead atoms. The van der Waals surface area contributed by atoms with E-state index in [1.807, 2.05) is 13.0 Å². The van der Waals surface area contributed by atoms with Crippen molar-refractivity contribution >= 4 is 5.91 Å². The summed E-state index contributed by atoms with van der Waals surface area (Å²) < 4.78 is 0. The fraction of sp³-hybridized carbons (Fsp3) is 0.600. The Morgan fingerprint density at radius 2 is 2.00 bits per heavy atom. The van der Waals surface area contributed by atoms with Crippen LogP contribution in [0.2, 0.25) is 0 Å². The van der Waals surface area contributed by atoms with E-state index in [0.29, 0.717) is 18.1 Å². The fourth-order valence-electron chi connectivity index (χ4n) is 3.22. The number of piperazine rings is 1. The van der Waals surface area contributed by atoms with Gasteiger partial charge >= 0.3 is 0 Å². The minimum Gasteiger partial charge on any atom is -0.330 e. The van der Waals surface area contributed by atoms with Gasteiger partial charge in [0, 0.05) is 43.6 Å². The first-order valence-electron chi connectivity index (χ1n) is 7.04. The number of pyridine rings is 1. The van der Waals surface area contributed by atoms with E-state index in [-0.39, 0.29) is 5.91 Å². The Balaban J connectivity index is 1.74. The number of piperidine rings is 1. The highest BCUT2D eigenvalue weighted by atomic mass is 16.2. The summed E-state index contributed by atoms with van der Waals surface area (Å²) in [5.41, 5.74) is 1.77. The van der Waals surface area contributed by atoms with Crippen LogP contribution in [-0.4, -0.2) is 51.9 Å². The van der Waals surface area contributed by atoms with E-state index in [0.717, 1.165) is 30.6 Å². The topological polar surface area (TPSA) is 36.4 Å². The molecular formula is C15H21N3O. The maximum absolute atomic E-state index is 12.5. The Kier molecular flexibility index (Phi) is 3.05. The molecule has 0 N–H and O–H groups in total. The van der Waals surface area contributed by atoms with Gasteiger partial charge in [-0.15, -0.1) is 0 Å². The van der Waals surface area contributed by atoms with Crippen LogP contribution in [0.4, 0.5) is 0 Å². The van der Waals surface area contributed by atoms with Crippen LogP contribution < -0.4 is 0 Å². The lowest BCUT2D eigenvalue weighted by atomic mass is 9.86. The molecule has 4 nitrogen and oxygen atoms in total. The number of hydrogen-bond donors (Lipinski definition) is 0. The van der Waals surface area contributed by atoms with Crippen molar-refractivity contribution in [2.24, 2.45) is 0 Å². The van der Waals surface area contributed by atoms with Crippen LogP contribution in [0.5, 0.6) is 0 Å². The third kappa shape index (κ3) is 2.14. The number of aryl methyl sites for hydroxylation is 1. The molecule has 2 atom stereocenters. The summed E-state index contributed by atoms with van der Waals surface area (Å²) in [6, 6.07) is 3.30. The molecule has 3 heterocycles. The van der Waals surface area contributed by atoms with Crippen molar-refractivity contribution in [2.45, 2.75) is 45.3 Å². The van der Waals surface area contributed by atoms with Gasteiger partial charge in [0.1, 0.15) is 0 Å². The molecule has 19 heavy (non-hydrogen) atoms. The Hall–Kier alpha value is -1.42. The molecule has 3 rings (SSSR count). The van der Waals surface area contributed by atoms with Crippen LogP contribution in [0, 0.1) is 6.92 Å². The summed E-state index contributed by atoms with van der Waals surface area (Å²) in [7, 11) is 0. The molecule has 2 saturated heterocycles. The van der Waals surface area contributed by atoms with Gasteiger partial charge in [-0.2, -0.15) is 0 Å². The van der Waals surface area contributed by atoms with Gasteiger partial charge in [0.2, 0.25) is 0 Å². The summed E-state index contributed by atoms with van der Waals surface area (Å²) in [6.07, 6.45) is 4.63. The normalized spacial score (nSPS) is 26.4. The van der Waals surface area contributed by atoms with Crippen molar-refractivity contribution in [3.8, 4) is 0 Å². The molecule has 2 aliphatic rings. The quantitative estimate of drug-likeness (QED) is 0.811. The maximum Gasteiger partial charge on any atom is 0.256 e. The van der Waals surface area contributed by atoms with E-state index < -0.39 is 0 Å². The number of rotatable bonds is 2. The average Bonchev–Trinajstić information content (AvgIpc) is 2.38. The number of aromatic nitrogens is 1. The van der Waals surface area contributed by atoms with E-state index in [2.05, 4.69) is 28.6 Å². The highest BCUT2D eigenvalue weighted by Crippen LogP contribution is 2.34. The number of likely N-dealkylation sites (tertiary alicyclic amines) is 2. The van der Waals surface area contributed by atoms with E-state index >= 15 is 0 Å². The number of carbonyl (C=O) groups is 1. The molecule has 2 fully saturated rings. The molecule has 0 aromatic carbocycles. The number of carbonyl (C=O) groups excluding carboxylic acids is 1. The first-order valence-corrected chi connectivity index (χ1v) is 7.04. The zero-order chi connectivity index (χ0) is 13.6. The molecular weight excluding hydrogens is 238 g/mol. The van der Waals surface area contributed by atoms with Gasteiger partial charge in [-0.25, -0.2) is 0 Å². The van der Waals surface area contributed by atoms with E-state index in [1.54, 1.807) is 12.4 Å². The lowest BCUT2D eigenvalue weighted by Crippen LogP contribution is -2.70. The molecule has 2 aliphatic heterocycles. The summed E-state index contributed by atoms with van der Waals surface area (Å²) in [5, 5.41) is 0. The molecule has 0 spiro atoms. The van der Waals surface area contributed by atoms with Crippen LogP contribution in [-0.2, 0) is 0 Å². The first kappa shape index (κ1) is 12.6. The summed E-state index contributed by atoms with van der Waals surface area (Å²) in [6.45, 7) is 8.45.